The normalized spacial score (nSPS) is 21.8. The average Bonchev–Trinajstić information content (AvgIpc) is 3.08. The lowest BCUT2D eigenvalue weighted by molar-refractivity contribution is -0.149. The molecule has 2 N–H and O–H groups in total. The number of aromatic amines is 1. The Hall–Kier alpha value is -2.84. The number of thioether (sulfide) groups is 1. The molecule has 0 bridgehead atoms. The molecule has 0 fully saturated rings. The van der Waals surface area contributed by atoms with E-state index in [-0.39, 0.29) is 17.2 Å². The van der Waals surface area contributed by atoms with E-state index in [9.17, 15) is 14.4 Å². The number of para-hydroxylation sites is 1. The zero-order valence-corrected chi connectivity index (χ0v) is 17.7. The van der Waals surface area contributed by atoms with Gasteiger partial charge in [-0.1, -0.05) is 41.7 Å². The van der Waals surface area contributed by atoms with Crippen LogP contribution in [0.1, 0.15) is 28.3 Å². The maximum Gasteiger partial charge on any atom is 0.319 e. The van der Waals surface area contributed by atoms with Crippen LogP contribution in [0.25, 0.3) is 0 Å². The van der Waals surface area contributed by atoms with Gasteiger partial charge in [0.05, 0.1) is 10.4 Å². The summed E-state index contributed by atoms with van der Waals surface area (Å²) in [6.07, 6.45) is -0.0304. The minimum Gasteiger partial charge on any atom is -0.426 e. The molecule has 5 rings (SSSR count). The van der Waals surface area contributed by atoms with E-state index in [4.69, 9.17) is 4.74 Å². The summed E-state index contributed by atoms with van der Waals surface area (Å²) in [7, 11) is 0. The highest BCUT2D eigenvalue weighted by Crippen LogP contribution is 2.58. The van der Waals surface area contributed by atoms with Crippen LogP contribution in [-0.2, 0) is 9.59 Å². The van der Waals surface area contributed by atoms with Gasteiger partial charge in [0.2, 0.25) is 5.91 Å². The molecule has 152 valence electrons. The smallest absolute Gasteiger partial charge is 0.319 e. The van der Waals surface area contributed by atoms with Crippen LogP contribution in [0.5, 0.6) is 5.75 Å². The van der Waals surface area contributed by atoms with Crippen LogP contribution in [-0.4, -0.2) is 22.6 Å². The summed E-state index contributed by atoms with van der Waals surface area (Å²) in [5, 5.41) is 3.68. The van der Waals surface area contributed by atoms with Crippen molar-refractivity contribution in [1.29, 1.82) is 0 Å². The molecule has 30 heavy (non-hydrogen) atoms. The van der Waals surface area contributed by atoms with Crippen LogP contribution in [0.4, 0.5) is 5.69 Å². The number of aromatic nitrogens is 1. The SMILES string of the molecule is Cc1cccc(NC(=O)C[C@]23CSc4[nH]c(=O)sc4[C@@H]2c2ccccc2OC3=O)c1. The number of amides is 1. The van der Waals surface area contributed by atoms with Gasteiger partial charge in [-0.05, 0) is 30.7 Å². The Morgan fingerprint density at radius 2 is 2.07 bits per heavy atom. The van der Waals surface area contributed by atoms with Crippen LogP contribution < -0.4 is 14.9 Å². The first-order chi connectivity index (χ1) is 14.5. The third-order valence-corrected chi connectivity index (χ3v) is 7.89. The third-order valence-electron chi connectivity index (χ3n) is 5.55. The van der Waals surface area contributed by atoms with Crippen molar-refractivity contribution in [1.82, 2.24) is 4.98 Å². The van der Waals surface area contributed by atoms with Gasteiger partial charge in [0.15, 0.2) is 0 Å². The molecule has 8 heteroatoms. The average molecular weight is 439 g/mol. The molecule has 6 nitrogen and oxygen atoms in total. The summed E-state index contributed by atoms with van der Waals surface area (Å²) in [5.41, 5.74) is 1.47. The number of benzene rings is 2. The number of carbonyl (C=O) groups excluding carboxylic acids is 2. The molecule has 0 radical (unpaired) electrons. The second-order valence-electron chi connectivity index (χ2n) is 7.61. The van der Waals surface area contributed by atoms with E-state index in [1.165, 1.54) is 11.8 Å². The van der Waals surface area contributed by atoms with Crippen LogP contribution >= 0.6 is 23.1 Å². The summed E-state index contributed by atoms with van der Waals surface area (Å²) in [6.45, 7) is 1.95. The second-order valence-corrected chi connectivity index (χ2v) is 9.61. The summed E-state index contributed by atoms with van der Waals surface area (Å²) in [5.74, 6) is -0.246. The predicted molar refractivity (Wildman–Crippen MR) is 116 cm³/mol. The van der Waals surface area contributed by atoms with Crippen molar-refractivity contribution in [3.63, 3.8) is 0 Å². The van der Waals surface area contributed by atoms with Crippen molar-refractivity contribution >= 4 is 40.7 Å². The number of fused-ring (bicyclic) bond motifs is 5. The molecular weight excluding hydrogens is 420 g/mol. The topological polar surface area (TPSA) is 88.3 Å². The number of hydrogen-bond donors (Lipinski definition) is 2. The molecule has 1 aromatic heterocycles. The van der Waals surface area contributed by atoms with Crippen LogP contribution in [0, 0.1) is 12.3 Å². The van der Waals surface area contributed by atoms with Crippen molar-refractivity contribution in [2.24, 2.45) is 5.41 Å². The number of anilines is 1. The second kappa shape index (κ2) is 7.14. The number of hydrogen-bond acceptors (Lipinski definition) is 6. The Kier molecular flexibility index (Phi) is 4.56. The molecular formula is C22H18N2O4S2. The van der Waals surface area contributed by atoms with Gasteiger partial charge in [0.25, 0.3) is 0 Å². The quantitative estimate of drug-likeness (QED) is 0.478. The minimum absolute atomic E-state index is 0.0304. The molecule has 1 amide bonds. The number of aryl methyl sites for hydroxylation is 1. The Balaban J connectivity index is 1.57. The molecule has 2 atom stereocenters. The van der Waals surface area contributed by atoms with E-state index >= 15 is 0 Å². The highest BCUT2D eigenvalue weighted by molar-refractivity contribution is 7.99. The predicted octanol–water partition coefficient (Wildman–Crippen LogP) is 3.92. The van der Waals surface area contributed by atoms with Gasteiger partial charge in [-0.2, -0.15) is 0 Å². The van der Waals surface area contributed by atoms with E-state index in [0.717, 1.165) is 32.4 Å². The maximum absolute atomic E-state index is 13.3. The summed E-state index contributed by atoms with van der Waals surface area (Å²) in [4.78, 5) is 41.9. The van der Waals surface area contributed by atoms with Crippen LogP contribution in [0.2, 0.25) is 0 Å². The first kappa shape index (κ1) is 19.1. The minimum atomic E-state index is -1.08. The Morgan fingerprint density at radius 1 is 1.23 bits per heavy atom. The van der Waals surface area contributed by atoms with E-state index in [2.05, 4.69) is 10.3 Å². The van der Waals surface area contributed by atoms with Crippen molar-refractivity contribution in [2.75, 3.05) is 11.1 Å². The van der Waals surface area contributed by atoms with Crippen molar-refractivity contribution in [3.05, 3.63) is 74.2 Å². The number of H-pyrrole nitrogens is 1. The zero-order valence-electron chi connectivity index (χ0n) is 16.1. The van der Waals surface area contributed by atoms with E-state index < -0.39 is 17.3 Å². The summed E-state index contributed by atoms with van der Waals surface area (Å²) >= 11 is 2.50. The summed E-state index contributed by atoms with van der Waals surface area (Å²) < 4.78 is 5.68. The van der Waals surface area contributed by atoms with Gasteiger partial charge >= 0.3 is 10.8 Å². The Bertz CT molecular complexity index is 1230. The van der Waals surface area contributed by atoms with E-state index in [0.29, 0.717) is 17.2 Å². The Morgan fingerprint density at radius 3 is 2.90 bits per heavy atom. The molecule has 0 unspecified atom stereocenters. The van der Waals surface area contributed by atoms with E-state index in [1.807, 2.05) is 49.4 Å². The molecule has 0 spiro atoms. The van der Waals surface area contributed by atoms with Crippen LogP contribution in [0.15, 0.2) is 58.4 Å². The van der Waals surface area contributed by atoms with Gasteiger partial charge in [-0.15, -0.1) is 11.8 Å². The Labute approximate surface area is 180 Å². The fraction of sp³-hybridized carbons (Fsp3) is 0.227. The lowest BCUT2D eigenvalue weighted by Crippen LogP contribution is -2.49. The monoisotopic (exact) mass is 438 g/mol. The van der Waals surface area contributed by atoms with Gasteiger partial charge in [-0.25, -0.2) is 0 Å². The fourth-order valence-electron chi connectivity index (χ4n) is 4.23. The van der Waals surface area contributed by atoms with Gasteiger partial charge in [0.1, 0.15) is 5.75 Å². The first-order valence-corrected chi connectivity index (χ1v) is 11.3. The largest absolute Gasteiger partial charge is 0.426 e. The van der Waals surface area contributed by atoms with Gasteiger partial charge in [0, 0.05) is 34.2 Å². The van der Waals surface area contributed by atoms with E-state index in [1.54, 1.807) is 6.07 Å². The van der Waals surface area contributed by atoms with Crippen molar-refractivity contribution < 1.29 is 14.3 Å². The fourth-order valence-corrected chi connectivity index (χ4v) is 6.77. The molecule has 2 aliphatic heterocycles. The molecule has 0 aliphatic carbocycles. The van der Waals surface area contributed by atoms with Gasteiger partial charge < -0.3 is 15.0 Å². The number of thiazole rings is 1. The summed E-state index contributed by atoms with van der Waals surface area (Å²) in [6, 6.07) is 14.9. The lowest BCUT2D eigenvalue weighted by Gasteiger charge is -2.44. The zero-order chi connectivity index (χ0) is 20.9. The standard InChI is InChI=1S/C22H18N2O4S2/c1-12-5-4-6-13(9-12)23-16(25)10-22-11-29-19-18(30-21(27)24-19)17(22)14-7-2-3-8-15(14)28-20(22)26/h2-9,17H,10-11H2,1H3,(H,23,25)(H,24,27)/t17-,22-/m0/s1. The molecule has 0 saturated carbocycles. The van der Waals surface area contributed by atoms with Crippen LogP contribution in [0.3, 0.4) is 0 Å². The number of nitrogens with one attached hydrogen (secondary N) is 2. The molecule has 3 heterocycles. The van der Waals surface area contributed by atoms with Gasteiger partial charge in [-0.3, -0.25) is 14.4 Å². The number of carbonyl (C=O) groups is 2. The van der Waals surface area contributed by atoms with Crippen molar-refractivity contribution in [3.8, 4) is 5.75 Å². The lowest BCUT2D eigenvalue weighted by atomic mass is 9.68. The number of esters is 1. The molecule has 2 aromatic carbocycles. The maximum atomic E-state index is 13.3. The highest BCUT2D eigenvalue weighted by atomic mass is 32.2. The molecule has 0 saturated heterocycles. The number of ether oxygens (including phenoxy) is 1. The van der Waals surface area contributed by atoms with Crippen molar-refractivity contribution in [2.45, 2.75) is 24.3 Å². The third kappa shape index (κ3) is 3.07. The molecule has 3 aromatic rings. The molecule has 2 aliphatic rings. The first-order valence-electron chi connectivity index (χ1n) is 9.50. The highest BCUT2D eigenvalue weighted by Gasteiger charge is 2.57. The number of rotatable bonds is 3.